The lowest BCUT2D eigenvalue weighted by Gasteiger charge is -2.13. The van der Waals surface area contributed by atoms with Crippen molar-refractivity contribution in [2.24, 2.45) is 0 Å². The van der Waals surface area contributed by atoms with Crippen LogP contribution in [0, 0.1) is 0 Å². The molecular formula is C21H20ClN3O3S2. The minimum absolute atomic E-state index is 0.0883. The van der Waals surface area contributed by atoms with E-state index in [9.17, 15) is 8.42 Å². The first-order valence-corrected chi connectivity index (χ1v) is 11.2. The van der Waals surface area contributed by atoms with Gasteiger partial charge in [0, 0.05) is 12.2 Å². The molecule has 0 atom stereocenters. The summed E-state index contributed by atoms with van der Waals surface area (Å²) >= 11 is 11.4. The van der Waals surface area contributed by atoms with Gasteiger partial charge in [-0.25, -0.2) is 8.42 Å². The van der Waals surface area contributed by atoms with Gasteiger partial charge in [-0.3, -0.25) is 4.72 Å². The number of rotatable bonds is 7. The number of sulfonamides is 1. The molecule has 3 aromatic rings. The maximum absolute atomic E-state index is 12.7. The van der Waals surface area contributed by atoms with Crippen LogP contribution in [0.3, 0.4) is 0 Å². The summed E-state index contributed by atoms with van der Waals surface area (Å²) in [4.78, 5) is 0.0883. The Labute approximate surface area is 186 Å². The molecule has 0 aliphatic heterocycles. The van der Waals surface area contributed by atoms with Gasteiger partial charge < -0.3 is 15.4 Å². The highest BCUT2D eigenvalue weighted by molar-refractivity contribution is 7.92. The number of para-hydroxylation sites is 1. The van der Waals surface area contributed by atoms with Crippen molar-refractivity contribution in [2.45, 2.75) is 11.4 Å². The van der Waals surface area contributed by atoms with Crippen molar-refractivity contribution in [2.75, 3.05) is 17.1 Å². The number of anilines is 2. The molecule has 0 bridgehead atoms. The number of nitrogens with one attached hydrogen (secondary N) is 3. The minimum Gasteiger partial charge on any atom is -0.497 e. The van der Waals surface area contributed by atoms with E-state index in [1.165, 1.54) is 12.1 Å². The highest BCUT2D eigenvalue weighted by atomic mass is 35.5. The van der Waals surface area contributed by atoms with Crippen LogP contribution in [0.4, 0.5) is 11.4 Å². The lowest BCUT2D eigenvalue weighted by molar-refractivity contribution is 0.414. The molecule has 30 heavy (non-hydrogen) atoms. The second-order valence-corrected chi connectivity index (χ2v) is 8.77. The van der Waals surface area contributed by atoms with Crippen molar-refractivity contribution in [3.8, 4) is 5.75 Å². The number of benzene rings is 3. The van der Waals surface area contributed by atoms with E-state index >= 15 is 0 Å². The predicted molar refractivity (Wildman–Crippen MR) is 125 cm³/mol. The van der Waals surface area contributed by atoms with E-state index < -0.39 is 10.0 Å². The average Bonchev–Trinajstić information content (AvgIpc) is 2.74. The van der Waals surface area contributed by atoms with Crippen molar-refractivity contribution in [1.29, 1.82) is 0 Å². The van der Waals surface area contributed by atoms with Gasteiger partial charge in [-0.2, -0.15) is 0 Å². The third kappa shape index (κ3) is 5.85. The highest BCUT2D eigenvalue weighted by Crippen LogP contribution is 2.25. The SMILES string of the molecule is COc1ccc(CNC(=S)Nc2cccc(S(=O)(=O)Nc3ccccc3Cl)c2)cc1. The maximum Gasteiger partial charge on any atom is 0.262 e. The van der Waals surface area contributed by atoms with Gasteiger partial charge in [0.15, 0.2) is 5.11 Å². The first kappa shape index (κ1) is 21.9. The van der Waals surface area contributed by atoms with Gasteiger partial charge in [0.2, 0.25) is 0 Å². The van der Waals surface area contributed by atoms with Gasteiger partial charge in [0.25, 0.3) is 10.0 Å². The molecule has 0 fully saturated rings. The van der Waals surface area contributed by atoms with Crippen molar-refractivity contribution in [3.05, 3.63) is 83.4 Å². The van der Waals surface area contributed by atoms with Crippen LogP contribution in [0.25, 0.3) is 0 Å². The summed E-state index contributed by atoms with van der Waals surface area (Å²) < 4.78 is 33.0. The Morgan fingerprint density at radius 3 is 2.47 bits per heavy atom. The van der Waals surface area contributed by atoms with Crippen LogP contribution in [0.2, 0.25) is 5.02 Å². The average molecular weight is 462 g/mol. The standard InChI is InChI=1S/C21H20ClN3O3S2/c1-28-17-11-9-15(10-12-17)14-23-21(29)24-16-5-4-6-18(13-16)30(26,27)25-20-8-3-2-7-19(20)22/h2-13,25H,14H2,1H3,(H2,23,24,29). The zero-order valence-electron chi connectivity index (χ0n) is 16.1. The van der Waals surface area contributed by atoms with Crippen LogP contribution >= 0.6 is 23.8 Å². The number of hydrogen-bond acceptors (Lipinski definition) is 4. The molecule has 0 unspecified atom stereocenters. The first-order chi connectivity index (χ1) is 14.4. The minimum atomic E-state index is -3.81. The molecule has 3 aromatic carbocycles. The van der Waals surface area contributed by atoms with Gasteiger partial charge in [-0.1, -0.05) is 41.9 Å². The summed E-state index contributed by atoms with van der Waals surface area (Å²) in [6, 6.07) is 20.6. The molecule has 156 valence electrons. The van der Waals surface area contributed by atoms with Crippen LogP contribution in [-0.4, -0.2) is 20.6 Å². The normalized spacial score (nSPS) is 10.9. The monoisotopic (exact) mass is 461 g/mol. The Kier molecular flexibility index (Phi) is 7.15. The van der Waals surface area contributed by atoms with E-state index in [1.807, 2.05) is 24.3 Å². The molecule has 0 saturated heterocycles. The van der Waals surface area contributed by atoms with E-state index in [-0.39, 0.29) is 4.90 Å². The highest BCUT2D eigenvalue weighted by Gasteiger charge is 2.16. The number of hydrogen-bond donors (Lipinski definition) is 3. The summed E-state index contributed by atoms with van der Waals surface area (Å²) in [6.45, 7) is 0.516. The van der Waals surface area contributed by atoms with Gasteiger partial charge in [0.05, 0.1) is 22.7 Å². The quantitative estimate of drug-likeness (QED) is 0.445. The summed E-state index contributed by atoms with van der Waals surface area (Å²) in [5.41, 5.74) is 1.89. The Bertz CT molecular complexity index is 1140. The van der Waals surface area contributed by atoms with Crippen LogP contribution in [0.1, 0.15) is 5.56 Å². The van der Waals surface area contributed by atoms with Gasteiger partial charge in [0.1, 0.15) is 5.75 Å². The van der Waals surface area contributed by atoms with Crippen molar-refractivity contribution in [3.63, 3.8) is 0 Å². The number of methoxy groups -OCH3 is 1. The third-order valence-electron chi connectivity index (χ3n) is 4.13. The lowest BCUT2D eigenvalue weighted by atomic mass is 10.2. The largest absolute Gasteiger partial charge is 0.497 e. The van der Waals surface area contributed by atoms with Crippen molar-refractivity contribution < 1.29 is 13.2 Å². The fraction of sp³-hybridized carbons (Fsp3) is 0.0952. The molecule has 0 heterocycles. The fourth-order valence-electron chi connectivity index (χ4n) is 2.59. The molecule has 0 aromatic heterocycles. The Morgan fingerprint density at radius 2 is 1.77 bits per heavy atom. The van der Waals surface area contributed by atoms with E-state index in [4.69, 9.17) is 28.6 Å². The topological polar surface area (TPSA) is 79.5 Å². The third-order valence-corrected chi connectivity index (χ3v) is 6.07. The summed E-state index contributed by atoms with van der Waals surface area (Å²) in [6.07, 6.45) is 0. The molecule has 0 saturated carbocycles. The van der Waals surface area contributed by atoms with Crippen LogP contribution in [0.5, 0.6) is 5.75 Å². The van der Waals surface area contributed by atoms with Crippen molar-refractivity contribution >= 4 is 50.3 Å². The summed E-state index contributed by atoms with van der Waals surface area (Å²) in [5.74, 6) is 0.780. The predicted octanol–water partition coefficient (Wildman–Crippen LogP) is 4.64. The lowest BCUT2D eigenvalue weighted by Crippen LogP contribution is -2.28. The second kappa shape index (κ2) is 9.80. The molecule has 6 nitrogen and oxygen atoms in total. The zero-order valence-corrected chi connectivity index (χ0v) is 18.4. The molecule has 9 heteroatoms. The van der Waals surface area contributed by atoms with E-state index in [0.717, 1.165) is 11.3 Å². The van der Waals surface area contributed by atoms with Crippen LogP contribution in [0.15, 0.2) is 77.7 Å². The molecule has 3 rings (SSSR count). The van der Waals surface area contributed by atoms with Crippen LogP contribution < -0.4 is 20.1 Å². The zero-order chi connectivity index (χ0) is 21.6. The molecule has 3 N–H and O–H groups in total. The Hall–Kier alpha value is -2.81. The fourth-order valence-corrected chi connectivity index (χ4v) is 4.14. The summed E-state index contributed by atoms with van der Waals surface area (Å²) in [5, 5.41) is 6.78. The molecule has 0 spiro atoms. The van der Waals surface area contributed by atoms with Gasteiger partial charge >= 0.3 is 0 Å². The first-order valence-electron chi connectivity index (χ1n) is 8.92. The number of thiocarbonyl (C=S) groups is 1. The second-order valence-electron chi connectivity index (χ2n) is 6.27. The molecular weight excluding hydrogens is 442 g/mol. The number of halogens is 1. The van der Waals surface area contributed by atoms with Crippen LogP contribution in [-0.2, 0) is 16.6 Å². The molecule has 0 amide bonds. The number of ether oxygens (including phenoxy) is 1. The maximum atomic E-state index is 12.7. The molecule has 0 aliphatic carbocycles. The van der Waals surface area contributed by atoms with Gasteiger partial charge in [-0.05, 0) is 60.2 Å². The molecule has 0 aliphatic rings. The van der Waals surface area contributed by atoms with Crippen molar-refractivity contribution in [1.82, 2.24) is 5.32 Å². The van der Waals surface area contributed by atoms with E-state index in [1.54, 1.807) is 43.5 Å². The van der Waals surface area contributed by atoms with E-state index in [0.29, 0.717) is 28.1 Å². The van der Waals surface area contributed by atoms with E-state index in [2.05, 4.69) is 15.4 Å². The molecule has 0 radical (unpaired) electrons. The Balaban J connectivity index is 1.64. The smallest absolute Gasteiger partial charge is 0.262 e. The van der Waals surface area contributed by atoms with Gasteiger partial charge in [-0.15, -0.1) is 0 Å². The Morgan fingerprint density at radius 1 is 1.03 bits per heavy atom. The summed E-state index contributed by atoms with van der Waals surface area (Å²) in [7, 11) is -2.19.